The highest BCUT2D eigenvalue weighted by Gasteiger charge is 2.44. The fourth-order valence-electron chi connectivity index (χ4n) is 12.1. The van der Waals surface area contributed by atoms with Crippen molar-refractivity contribution >= 4 is 5.91 Å². The summed E-state index contributed by atoms with van der Waals surface area (Å²) in [5.41, 5.74) is 0. The topological polar surface area (TPSA) is 189 Å². The fourth-order valence-corrected chi connectivity index (χ4v) is 12.1. The first-order chi connectivity index (χ1) is 42.7. The molecule has 0 radical (unpaired) electrons. The monoisotopic (exact) mass is 1230 g/mol. The predicted molar refractivity (Wildman–Crippen MR) is 367 cm³/mol. The number of carbonyl (C=O) groups excluding carboxylic acids is 1. The zero-order valence-electron chi connectivity index (χ0n) is 56.8. The summed E-state index contributed by atoms with van der Waals surface area (Å²) in [6.45, 7) is 3.49. The van der Waals surface area contributed by atoms with Gasteiger partial charge in [-0.3, -0.25) is 4.79 Å². The van der Waals surface area contributed by atoms with Crippen molar-refractivity contribution in [2.45, 2.75) is 416 Å². The van der Waals surface area contributed by atoms with Crippen LogP contribution in [0.25, 0.3) is 0 Å². The van der Waals surface area contributed by atoms with Gasteiger partial charge in [-0.25, -0.2) is 0 Å². The molecule has 11 heteroatoms. The number of rotatable bonds is 66. The maximum absolute atomic E-state index is 13.3. The van der Waals surface area contributed by atoms with Gasteiger partial charge in [0.1, 0.15) is 36.6 Å². The number of unbranched alkanes of at least 4 members (excludes halogenated alkanes) is 46. The van der Waals surface area contributed by atoms with E-state index in [4.69, 9.17) is 9.47 Å². The SMILES string of the molecule is CCCCCCCCCCCCCCC/C=C\C/C=C\CCCCCCCCCCCCCCCCCCC(O)C(=O)NC(COC1OC(CO)C(O)C(O)C1O)C(O)C(O)CCC/C=C/CC/C=C/CCCCCCCCCCCCCCCCC. The highest BCUT2D eigenvalue weighted by molar-refractivity contribution is 5.80. The molecule has 0 saturated carbocycles. The molecule has 8 N–H and O–H groups in total. The number of ether oxygens (including phenoxy) is 2. The second kappa shape index (κ2) is 64.2. The van der Waals surface area contributed by atoms with Crippen LogP contribution in [0.5, 0.6) is 0 Å². The van der Waals surface area contributed by atoms with Gasteiger partial charge in [-0.05, 0) is 83.5 Å². The molecule has 1 saturated heterocycles. The van der Waals surface area contributed by atoms with E-state index in [0.717, 1.165) is 44.9 Å². The van der Waals surface area contributed by atoms with E-state index in [1.807, 2.05) is 0 Å². The zero-order valence-corrected chi connectivity index (χ0v) is 56.8. The lowest BCUT2D eigenvalue weighted by atomic mass is 9.98. The van der Waals surface area contributed by atoms with E-state index in [0.29, 0.717) is 19.3 Å². The molecule has 1 rings (SSSR count). The van der Waals surface area contributed by atoms with Crippen molar-refractivity contribution < 1.29 is 50.0 Å². The van der Waals surface area contributed by atoms with Crippen LogP contribution < -0.4 is 5.32 Å². The second-order valence-corrected chi connectivity index (χ2v) is 26.4. The van der Waals surface area contributed by atoms with E-state index in [1.54, 1.807) is 0 Å². The van der Waals surface area contributed by atoms with Crippen molar-refractivity contribution in [3.63, 3.8) is 0 Å². The van der Waals surface area contributed by atoms with Crippen molar-refractivity contribution in [3.05, 3.63) is 48.6 Å². The van der Waals surface area contributed by atoms with E-state index in [2.05, 4.69) is 67.8 Å². The third-order valence-corrected chi connectivity index (χ3v) is 18.1. The van der Waals surface area contributed by atoms with Crippen molar-refractivity contribution in [1.82, 2.24) is 5.32 Å². The molecule has 1 aliphatic rings. The van der Waals surface area contributed by atoms with E-state index in [1.165, 1.54) is 270 Å². The number of aliphatic hydroxyl groups is 7. The Balaban J connectivity index is 2.17. The van der Waals surface area contributed by atoms with Crippen LogP contribution in [0.15, 0.2) is 48.6 Å². The van der Waals surface area contributed by atoms with Crippen LogP contribution in [0.1, 0.15) is 361 Å². The first kappa shape index (κ1) is 83.1. The molecule has 0 spiro atoms. The Hall–Kier alpha value is -1.93. The largest absolute Gasteiger partial charge is 0.394 e. The van der Waals surface area contributed by atoms with Crippen LogP contribution in [0.3, 0.4) is 0 Å². The van der Waals surface area contributed by atoms with Gasteiger partial charge in [0.25, 0.3) is 0 Å². The Morgan fingerprint density at radius 1 is 0.402 bits per heavy atom. The molecule has 1 fully saturated rings. The van der Waals surface area contributed by atoms with Gasteiger partial charge in [0, 0.05) is 0 Å². The van der Waals surface area contributed by atoms with Crippen molar-refractivity contribution in [2.75, 3.05) is 13.2 Å². The Morgan fingerprint density at radius 2 is 0.724 bits per heavy atom. The van der Waals surface area contributed by atoms with Gasteiger partial charge < -0.3 is 50.5 Å². The van der Waals surface area contributed by atoms with Gasteiger partial charge in [-0.2, -0.15) is 0 Å². The molecule has 1 aliphatic heterocycles. The Labute approximate surface area is 536 Å². The van der Waals surface area contributed by atoms with E-state index < -0.39 is 74.2 Å². The van der Waals surface area contributed by atoms with Gasteiger partial charge in [-0.1, -0.05) is 326 Å². The van der Waals surface area contributed by atoms with Crippen LogP contribution in [0.2, 0.25) is 0 Å². The number of nitrogens with one attached hydrogen (secondary N) is 1. The number of amides is 1. The summed E-state index contributed by atoms with van der Waals surface area (Å²) >= 11 is 0. The number of hydrogen-bond donors (Lipinski definition) is 8. The Bertz CT molecular complexity index is 1560. The van der Waals surface area contributed by atoms with Gasteiger partial charge >= 0.3 is 0 Å². The zero-order chi connectivity index (χ0) is 63.1. The molecule has 512 valence electrons. The van der Waals surface area contributed by atoms with Crippen LogP contribution in [0, 0.1) is 0 Å². The van der Waals surface area contributed by atoms with Crippen molar-refractivity contribution in [2.24, 2.45) is 0 Å². The van der Waals surface area contributed by atoms with E-state index in [9.17, 15) is 40.5 Å². The summed E-state index contributed by atoms with van der Waals surface area (Å²) in [5.74, 6) is -0.706. The number of allylic oxidation sites excluding steroid dienone is 8. The minimum atomic E-state index is -1.67. The maximum atomic E-state index is 13.3. The lowest BCUT2D eigenvalue weighted by molar-refractivity contribution is -0.303. The van der Waals surface area contributed by atoms with Crippen molar-refractivity contribution in [1.29, 1.82) is 0 Å². The molecule has 87 heavy (non-hydrogen) atoms. The van der Waals surface area contributed by atoms with Gasteiger partial charge in [0.2, 0.25) is 5.91 Å². The maximum Gasteiger partial charge on any atom is 0.249 e. The molecule has 11 nitrogen and oxygen atoms in total. The highest BCUT2D eigenvalue weighted by atomic mass is 16.7. The molecule has 0 bridgehead atoms. The molecule has 1 amide bonds. The first-order valence-electron chi connectivity index (χ1n) is 37.5. The molecular weight excluding hydrogens is 1090 g/mol. The molecule has 0 aliphatic carbocycles. The Morgan fingerprint density at radius 3 is 1.09 bits per heavy atom. The summed E-state index contributed by atoms with van der Waals surface area (Å²) in [7, 11) is 0. The molecule has 0 aromatic rings. The minimum absolute atomic E-state index is 0.247. The van der Waals surface area contributed by atoms with Crippen molar-refractivity contribution in [3.8, 4) is 0 Å². The third kappa shape index (κ3) is 51.3. The molecule has 9 unspecified atom stereocenters. The van der Waals surface area contributed by atoms with Crippen LogP contribution >= 0.6 is 0 Å². The minimum Gasteiger partial charge on any atom is -0.394 e. The average molecular weight is 1230 g/mol. The highest BCUT2D eigenvalue weighted by Crippen LogP contribution is 2.24. The average Bonchev–Trinajstić information content (AvgIpc) is 1.97. The molecule has 0 aromatic heterocycles. The van der Waals surface area contributed by atoms with Crippen LogP contribution in [-0.2, 0) is 14.3 Å². The van der Waals surface area contributed by atoms with Gasteiger partial charge in [-0.15, -0.1) is 0 Å². The lowest BCUT2D eigenvalue weighted by Gasteiger charge is -2.40. The van der Waals surface area contributed by atoms with Gasteiger partial charge in [0.15, 0.2) is 6.29 Å². The van der Waals surface area contributed by atoms with E-state index >= 15 is 0 Å². The molecule has 9 atom stereocenters. The standard InChI is InChI=1S/C76H143NO10/c1-3-5-7-9-11-13-15-17-19-21-23-25-27-29-30-31-32-33-34-35-36-37-38-39-40-42-44-46-48-50-52-54-56-58-60-62-64-69(80)75(85)77-67(66-86-76-74(84)73(83)72(82)70(65-78)87-76)71(81)68(79)63-61-59-57-55-53-51-49-47-45-43-41-28-26-24-22-20-18-16-14-12-10-8-6-4-2/h30-31,33-34,47,49,55,57,67-74,76,78-84H,3-29,32,35-46,48,50-54,56,58-66H2,1-2H3,(H,77,85)/b31-30-,34-33-,49-47+,57-55+. The summed E-state index contributed by atoms with van der Waals surface area (Å²) in [6, 6.07) is -1.19. The summed E-state index contributed by atoms with van der Waals surface area (Å²) in [4.78, 5) is 13.3. The molecule has 1 heterocycles. The first-order valence-corrected chi connectivity index (χ1v) is 37.5. The summed E-state index contributed by atoms with van der Waals surface area (Å²) in [6.07, 6.45) is 73.6. The van der Waals surface area contributed by atoms with Crippen LogP contribution in [0.4, 0.5) is 0 Å². The smallest absolute Gasteiger partial charge is 0.249 e. The van der Waals surface area contributed by atoms with Gasteiger partial charge in [0.05, 0.1) is 25.4 Å². The number of aliphatic hydroxyl groups excluding tert-OH is 7. The normalized spacial score (nSPS) is 18.9. The summed E-state index contributed by atoms with van der Waals surface area (Å²) in [5, 5.41) is 76.5. The quantitative estimate of drug-likeness (QED) is 0.0215. The number of hydrogen-bond acceptors (Lipinski definition) is 10. The third-order valence-electron chi connectivity index (χ3n) is 18.1. The Kier molecular flexibility index (Phi) is 61.3. The molecular formula is C76H143NO10. The predicted octanol–water partition coefficient (Wildman–Crippen LogP) is 18.7. The van der Waals surface area contributed by atoms with Crippen LogP contribution in [-0.4, -0.2) is 110 Å². The molecule has 0 aromatic carbocycles. The van der Waals surface area contributed by atoms with E-state index in [-0.39, 0.29) is 12.8 Å². The summed E-state index contributed by atoms with van der Waals surface area (Å²) < 4.78 is 11.2. The number of carbonyl (C=O) groups is 1. The lowest BCUT2D eigenvalue weighted by Crippen LogP contribution is -2.60. The second-order valence-electron chi connectivity index (χ2n) is 26.4. The fraction of sp³-hybridized carbons (Fsp3) is 0.882.